The second-order valence-corrected chi connectivity index (χ2v) is 5.70. The summed E-state index contributed by atoms with van der Waals surface area (Å²) in [6, 6.07) is 0. The van der Waals surface area contributed by atoms with Crippen molar-refractivity contribution in [2.45, 2.75) is 70.8 Å². The Balaban J connectivity index is 2.30. The second-order valence-electron chi connectivity index (χ2n) is 5.70. The molecule has 0 aromatic carbocycles. The van der Waals surface area contributed by atoms with E-state index in [0.29, 0.717) is 19.3 Å². The fraction of sp³-hybridized carbons (Fsp3) is 0.867. The van der Waals surface area contributed by atoms with E-state index in [1.165, 1.54) is 0 Å². The number of carbonyl (C=O) groups excluding carboxylic acids is 1. The zero-order valence-corrected chi connectivity index (χ0v) is 11.8. The van der Waals surface area contributed by atoms with Crippen LogP contribution in [-0.4, -0.2) is 28.1 Å². The van der Waals surface area contributed by atoms with Crippen LogP contribution >= 0.6 is 0 Å². The molecule has 1 rings (SSSR count). The molecule has 1 saturated carbocycles. The average molecular weight is 270 g/mol. The van der Waals surface area contributed by atoms with Crippen molar-refractivity contribution in [1.82, 2.24) is 0 Å². The van der Waals surface area contributed by atoms with E-state index in [0.717, 1.165) is 32.1 Å². The third kappa shape index (κ3) is 5.72. The molecule has 1 aliphatic carbocycles. The van der Waals surface area contributed by atoms with Gasteiger partial charge in [-0.25, -0.2) is 0 Å². The number of Topliss-reactive ketones (excluding diaryl/α,β-unsaturated/α-hetero) is 1. The molecule has 0 amide bonds. The predicted octanol–water partition coefficient (Wildman–Crippen LogP) is 2.78. The summed E-state index contributed by atoms with van der Waals surface area (Å²) in [7, 11) is 0. The Morgan fingerprint density at radius 2 is 1.89 bits per heavy atom. The van der Waals surface area contributed by atoms with Crippen molar-refractivity contribution < 1.29 is 19.8 Å². The highest BCUT2D eigenvalue weighted by Gasteiger charge is 2.36. The maximum absolute atomic E-state index is 11.7. The quantitative estimate of drug-likeness (QED) is 0.632. The van der Waals surface area contributed by atoms with E-state index >= 15 is 0 Å². The fourth-order valence-electron chi connectivity index (χ4n) is 3.03. The Bertz CT molecular complexity index is 301. The molecule has 3 atom stereocenters. The van der Waals surface area contributed by atoms with E-state index in [1.807, 2.05) is 0 Å². The van der Waals surface area contributed by atoms with Gasteiger partial charge in [-0.3, -0.25) is 9.59 Å². The lowest BCUT2D eigenvalue weighted by atomic mass is 9.87. The highest BCUT2D eigenvalue weighted by Crippen LogP contribution is 2.37. The Morgan fingerprint density at radius 3 is 2.53 bits per heavy atom. The fourth-order valence-corrected chi connectivity index (χ4v) is 3.03. The molecule has 1 fully saturated rings. The number of aliphatic carboxylic acids is 1. The Kier molecular flexibility index (Phi) is 7.06. The molecule has 110 valence electrons. The van der Waals surface area contributed by atoms with Gasteiger partial charge in [0.2, 0.25) is 0 Å². The first-order valence-electron chi connectivity index (χ1n) is 7.46. The van der Waals surface area contributed by atoms with Gasteiger partial charge in [0.1, 0.15) is 5.78 Å². The van der Waals surface area contributed by atoms with Gasteiger partial charge < -0.3 is 10.2 Å². The molecule has 0 aromatic heterocycles. The molecule has 19 heavy (non-hydrogen) atoms. The van der Waals surface area contributed by atoms with Gasteiger partial charge in [-0.2, -0.15) is 0 Å². The molecular weight excluding hydrogens is 244 g/mol. The van der Waals surface area contributed by atoms with Crippen molar-refractivity contribution in [3.8, 4) is 0 Å². The molecule has 0 aromatic rings. The third-order valence-corrected chi connectivity index (χ3v) is 4.20. The van der Waals surface area contributed by atoms with Crippen molar-refractivity contribution in [2.75, 3.05) is 0 Å². The van der Waals surface area contributed by atoms with Crippen LogP contribution in [0.2, 0.25) is 0 Å². The minimum Gasteiger partial charge on any atom is -0.481 e. The Hall–Kier alpha value is -0.900. The van der Waals surface area contributed by atoms with Crippen molar-refractivity contribution in [3.05, 3.63) is 0 Å². The summed E-state index contributed by atoms with van der Waals surface area (Å²) in [6.07, 6.45) is 6.13. The maximum atomic E-state index is 11.7. The van der Waals surface area contributed by atoms with E-state index in [-0.39, 0.29) is 24.0 Å². The number of ketones is 1. The topological polar surface area (TPSA) is 74.6 Å². The molecule has 0 spiro atoms. The molecule has 2 N–H and O–H groups in total. The van der Waals surface area contributed by atoms with Crippen molar-refractivity contribution in [1.29, 1.82) is 0 Å². The molecular formula is C15H26O4. The van der Waals surface area contributed by atoms with Crippen LogP contribution in [0, 0.1) is 11.8 Å². The Morgan fingerprint density at radius 1 is 1.16 bits per heavy atom. The minimum atomic E-state index is -0.856. The average Bonchev–Trinajstić information content (AvgIpc) is 2.68. The number of aliphatic hydroxyl groups excluding tert-OH is 1. The first-order chi connectivity index (χ1) is 9.04. The standard InChI is InChI=1S/C15H26O4/c1-2-3-4-5-12(16)8-6-11-7-9-14(17)13(11)10-15(18)19/h11,13-14,17H,2-10H2,1H3,(H,18,19). The summed E-state index contributed by atoms with van der Waals surface area (Å²) >= 11 is 0. The van der Waals surface area contributed by atoms with Crippen LogP contribution < -0.4 is 0 Å². The van der Waals surface area contributed by atoms with Crippen molar-refractivity contribution in [3.63, 3.8) is 0 Å². The molecule has 4 heteroatoms. The van der Waals surface area contributed by atoms with Crippen LogP contribution in [0.1, 0.15) is 64.7 Å². The minimum absolute atomic E-state index is 0.0237. The number of aliphatic hydroxyl groups is 1. The number of unbranched alkanes of at least 4 members (excludes halogenated alkanes) is 2. The zero-order valence-electron chi connectivity index (χ0n) is 11.8. The van der Waals surface area contributed by atoms with Crippen molar-refractivity contribution in [2.24, 2.45) is 11.8 Å². The van der Waals surface area contributed by atoms with Gasteiger partial charge in [-0.05, 0) is 37.5 Å². The van der Waals surface area contributed by atoms with Gasteiger partial charge in [0, 0.05) is 12.8 Å². The number of rotatable bonds is 9. The van der Waals surface area contributed by atoms with Crippen LogP contribution in [0.4, 0.5) is 0 Å². The number of carboxylic acid groups (broad SMARTS) is 1. The van der Waals surface area contributed by atoms with Crippen LogP contribution in [0.5, 0.6) is 0 Å². The molecule has 0 heterocycles. The van der Waals surface area contributed by atoms with Gasteiger partial charge >= 0.3 is 5.97 Å². The van der Waals surface area contributed by atoms with Gasteiger partial charge in [-0.1, -0.05) is 19.8 Å². The number of hydrogen-bond donors (Lipinski definition) is 2. The first kappa shape index (κ1) is 16.2. The summed E-state index contributed by atoms with van der Waals surface area (Å²) in [4.78, 5) is 22.5. The van der Waals surface area contributed by atoms with Crippen LogP contribution in [0.15, 0.2) is 0 Å². The zero-order chi connectivity index (χ0) is 14.3. The van der Waals surface area contributed by atoms with Crippen LogP contribution in [0.3, 0.4) is 0 Å². The molecule has 3 unspecified atom stereocenters. The first-order valence-corrected chi connectivity index (χ1v) is 7.46. The molecule has 4 nitrogen and oxygen atoms in total. The van der Waals surface area contributed by atoms with E-state index in [1.54, 1.807) is 0 Å². The number of carboxylic acids is 1. The lowest BCUT2D eigenvalue weighted by Crippen LogP contribution is -2.23. The lowest BCUT2D eigenvalue weighted by Gasteiger charge is -2.20. The molecule has 0 saturated heterocycles. The van der Waals surface area contributed by atoms with Crippen molar-refractivity contribution >= 4 is 11.8 Å². The SMILES string of the molecule is CCCCCC(=O)CCC1CCC(O)C1CC(=O)O. The van der Waals surface area contributed by atoms with Crippen LogP contribution in [-0.2, 0) is 9.59 Å². The largest absolute Gasteiger partial charge is 0.481 e. The number of hydrogen-bond acceptors (Lipinski definition) is 3. The van der Waals surface area contributed by atoms with E-state index in [9.17, 15) is 14.7 Å². The summed E-state index contributed by atoms with van der Waals surface area (Å²) in [5.41, 5.74) is 0. The lowest BCUT2D eigenvalue weighted by molar-refractivity contribution is -0.139. The van der Waals surface area contributed by atoms with E-state index < -0.39 is 12.1 Å². The summed E-state index contributed by atoms with van der Waals surface area (Å²) in [6.45, 7) is 2.11. The summed E-state index contributed by atoms with van der Waals surface area (Å²) < 4.78 is 0. The molecule has 0 bridgehead atoms. The van der Waals surface area contributed by atoms with Gasteiger partial charge in [0.25, 0.3) is 0 Å². The summed E-state index contributed by atoms with van der Waals surface area (Å²) in [5, 5.41) is 18.7. The van der Waals surface area contributed by atoms with Gasteiger partial charge in [0.15, 0.2) is 0 Å². The Labute approximate surface area is 115 Å². The third-order valence-electron chi connectivity index (χ3n) is 4.20. The van der Waals surface area contributed by atoms with E-state index in [4.69, 9.17) is 5.11 Å². The second kappa shape index (κ2) is 8.31. The highest BCUT2D eigenvalue weighted by molar-refractivity contribution is 5.78. The highest BCUT2D eigenvalue weighted by atomic mass is 16.4. The maximum Gasteiger partial charge on any atom is 0.303 e. The number of carbonyl (C=O) groups is 2. The molecule has 0 aliphatic heterocycles. The van der Waals surface area contributed by atoms with E-state index in [2.05, 4.69) is 6.92 Å². The molecule has 1 aliphatic rings. The smallest absolute Gasteiger partial charge is 0.303 e. The van der Waals surface area contributed by atoms with Gasteiger partial charge in [0.05, 0.1) is 12.5 Å². The van der Waals surface area contributed by atoms with Crippen LogP contribution in [0.25, 0.3) is 0 Å². The van der Waals surface area contributed by atoms with Gasteiger partial charge in [-0.15, -0.1) is 0 Å². The predicted molar refractivity (Wildman–Crippen MR) is 72.9 cm³/mol. The molecule has 0 radical (unpaired) electrons. The summed E-state index contributed by atoms with van der Waals surface area (Å²) in [5.74, 6) is -0.545. The monoisotopic (exact) mass is 270 g/mol. The normalized spacial score (nSPS) is 26.5.